The average Bonchev–Trinajstić information content (AvgIpc) is 3.10. The maximum absolute atomic E-state index is 6.53. The van der Waals surface area contributed by atoms with Crippen LogP contribution in [-0.4, -0.2) is 74.3 Å². The SMILES string of the molecule is CCCCCCCCCCCCCCCCOC(C)N1CC[N+](CCCN)(C(C)OCCCCCCCCCCCCCCCC)CC1. The minimum Gasteiger partial charge on any atom is -0.363 e. The summed E-state index contributed by atoms with van der Waals surface area (Å²) >= 11 is 0. The summed E-state index contributed by atoms with van der Waals surface area (Å²) in [7, 11) is 0. The van der Waals surface area contributed by atoms with Crippen LogP contribution in [0.25, 0.3) is 0 Å². The van der Waals surface area contributed by atoms with Crippen molar-refractivity contribution in [3.05, 3.63) is 0 Å². The second kappa shape index (κ2) is 33.9. The highest BCUT2D eigenvalue weighted by molar-refractivity contribution is 4.67. The quantitative estimate of drug-likeness (QED) is 0.0524. The molecule has 0 spiro atoms. The van der Waals surface area contributed by atoms with Crippen molar-refractivity contribution >= 4 is 0 Å². The Morgan fingerprint density at radius 3 is 1.17 bits per heavy atom. The van der Waals surface area contributed by atoms with Gasteiger partial charge < -0.3 is 15.2 Å². The van der Waals surface area contributed by atoms with E-state index >= 15 is 0 Å². The Balaban J connectivity index is 2.08. The third-order valence-electron chi connectivity index (χ3n) is 11.5. The standard InChI is InChI=1S/C43H90N3O2/c1-5-7-9-11-13-15-17-19-21-23-25-27-29-31-40-47-42(3)45-35-38-46(39-36-45,37-33-34-44)43(4)48-41-32-30-28-26-24-22-20-18-16-14-12-10-8-6-2/h42-43H,5-41,44H2,1-4H3/q+1. The van der Waals surface area contributed by atoms with Gasteiger partial charge in [-0.1, -0.05) is 181 Å². The number of unbranched alkanes of at least 4 members (excludes halogenated alkanes) is 26. The zero-order valence-electron chi connectivity index (χ0n) is 33.6. The summed E-state index contributed by atoms with van der Waals surface area (Å²) in [4.78, 5) is 2.56. The molecule has 48 heavy (non-hydrogen) atoms. The molecule has 0 radical (unpaired) electrons. The summed E-state index contributed by atoms with van der Waals surface area (Å²) in [6.45, 7) is 17.4. The monoisotopic (exact) mass is 681 g/mol. The lowest BCUT2D eigenvalue weighted by Gasteiger charge is -2.49. The van der Waals surface area contributed by atoms with E-state index in [0.29, 0.717) is 0 Å². The summed E-state index contributed by atoms with van der Waals surface area (Å²) in [6, 6.07) is 0. The van der Waals surface area contributed by atoms with Crippen LogP contribution in [0, 0.1) is 0 Å². The van der Waals surface area contributed by atoms with E-state index < -0.39 is 0 Å². The van der Waals surface area contributed by atoms with Gasteiger partial charge in [0.15, 0.2) is 6.23 Å². The molecule has 2 atom stereocenters. The predicted octanol–water partition coefficient (Wildman–Crippen LogP) is 12.2. The van der Waals surface area contributed by atoms with Gasteiger partial charge in [0, 0.05) is 20.0 Å². The van der Waals surface area contributed by atoms with E-state index in [-0.39, 0.29) is 12.5 Å². The number of piperazine rings is 1. The number of nitrogens with two attached hydrogens (primary N) is 1. The first-order valence-electron chi connectivity index (χ1n) is 22.1. The van der Waals surface area contributed by atoms with Crippen molar-refractivity contribution in [2.75, 3.05) is 52.5 Å². The zero-order chi connectivity index (χ0) is 34.8. The highest BCUT2D eigenvalue weighted by Gasteiger charge is 2.39. The Labute approximate surface area is 302 Å². The maximum Gasteiger partial charge on any atom is 0.190 e. The zero-order valence-corrected chi connectivity index (χ0v) is 33.6. The van der Waals surface area contributed by atoms with Gasteiger partial charge in [-0.2, -0.15) is 0 Å². The Bertz CT molecular complexity index is 640. The molecule has 288 valence electrons. The lowest BCUT2D eigenvalue weighted by atomic mass is 10.0. The van der Waals surface area contributed by atoms with Gasteiger partial charge in [0.1, 0.15) is 6.23 Å². The van der Waals surface area contributed by atoms with Crippen LogP contribution in [0.2, 0.25) is 0 Å². The van der Waals surface area contributed by atoms with Gasteiger partial charge in [0.05, 0.1) is 39.3 Å². The molecule has 1 saturated heterocycles. The molecule has 0 amide bonds. The van der Waals surface area contributed by atoms with Crippen molar-refractivity contribution in [3.63, 3.8) is 0 Å². The van der Waals surface area contributed by atoms with Crippen LogP contribution >= 0.6 is 0 Å². The Kier molecular flexibility index (Phi) is 32.4. The molecule has 1 heterocycles. The van der Waals surface area contributed by atoms with Gasteiger partial charge in [0.25, 0.3) is 0 Å². The minimum absolute atomic E-state index is 0.218. The van der Waals surface area contributed by atoms with E-state index in [1.807, 2.05) is 0 Å². The summed E-state index contributed by atoms with van der Waals surface area (Å²) in [5, 5.41) is 0. The first-order valence-corrected chi connectivity index (χ1v) is 22.1. The first-order chi connectivity index (χ1) is 23.6. The van der Waals surface area contributed by atoms with Crippen molar-refractivity contribution in [3.8, 4) is 0 Å². The summed E-state index contributed by atoms with van der Waals surface area (Å²) < 4.78 is 13.9. The second-order valence-corrected chi connectivity index (χ2v) is 15.7. The van der Waals surface area contributed by atoms with E-state index in [0.717, 1.165) is 63.4 Å². The van der Waals surface area contributed by atoms with E-state index in [1.54, 1.807) is 0 Å². The van der Waals surface area contributed by atoms with Crippen molar-refractivity contribution < 1.29 is 14.0 Å². The largest absolute Gasteiger partial charge is 0.363 e. The molecule has 1 aliphatic rings. The maximum atomic E-state index is 6.53. The number of rotatable bonds is 37. The molecule has 1 fully saturated rings. The van der Waals surface area contributed by atoms with Crippen molar-refractivity contribution in [1.29, 1.82) is 0 Å². The van der Waals surface area contributed by atoms with Gasteiger partial charge in [-0.3, -0.25) is 9.38 Å². The average molecular weight is 681 g/mol. The van der Waals surface area contributed by atoms with Gasteiger partial charge in [-0.25, -0.2) is 0 Å². The highest BCUT2D eigenvalue weighted by Crippen LogP contribution is 2.23. The van der Waals surface area contributed by atoms with Gasteiger partial charge in [-0.05, 0) is 26.3 Å². The van der Waals surface area contributed by atoms with Gasteiger partial charge in [-0.15, -0.1) is 0 Å². The number of hydrogen-bond donors (Lipinski definition) is 1. The lowest BCUT2D eigenvalue weighted by Crippen LogP contribution is -2.65. The molecular weight excluding hydrogens is 590 g/mol. The Morgan fingerprint density at radius 2 is 0.812 bits per heavy atom. The van der Waals surface area contributed by atoms with Gasteiger partial charge in [0.2, 0.25) is 0 Å². The van der Waals surface area contributed by atoms with Crippen molar-refractivity contribution in [2.24, 2.45) is 5.73 Å². The van der Waals surface area contributed by atoms with Crippen LogP contribution in [0.1, 0.15) is 214 Å². The summed E-state index contributed by atoms with van der Waals surface area (Å²) in [6.07, 6.45) is 40.8. The van der Waals surface area contributed by atoms with Crippen LogP contribution in [0.5, 0.6) is 0 Å². The normalized spacial score (nSPS) is 16.4. The molecule has 1 rings (SSSR count). The van der Waals surface area contributed by atoms with E-state index in [4.69, 9.17) is 15.2 Å². The summed E-state index contributed by atoms with van der Waals surface area (Å²) in [5.41, 5.74) is 5.98. The molecule has 0 bridgehead atoms. The lowest BCUT2D eigenvalue weighted by molar-refractivity contribution is -0.973. The second-order valence-electron chi connectivity index (χ2n) is 15.7. The van der Waals surface area contributed by atoms with Crippen LogP contribution in [0.3, 0.4) is 0 Å². The number of ether oxygens (including phenoxy) is 2. The van der Waals surface area contributed by atoms with Crippen LogP contribution in [0.15, 0.2) is 0 Å². The molecule has 0 aromatic carbocycles. The molecule has 2 N–H and O–H groups in total. The topological polar surface area (TPSA) is 47.7 Å². The third-order valence-corrected chi connectivity index (χ3v) is 11.5. The Hall–Kier alpha value is -0.200. The molecule has 0 aliphatic carbocycles. The van der Waals surface area contributed by atoms with Gasteiger partial charge >= 0.3 is 0 Å². The van der Waals surface area contributed by atoms with E-state index in [1.165, 1.54) is 180 Å². The first kappa shape index (κ1) is 45.8. The molecule has 1 aliphatic heterocycles. The summed E-state index contributed by atoms with van der Waals surface area (Å²) in [5.74, 6) is 0. The molecular formula is C43H90N3O2+. The van der Waals surface area contributed by atoms with Crippen molar-refractivity contribution in [1.82, 2.24) is 4.90 Å². The molecule has 2 unspecified atom stereocenters. The number of quaternary nitrogens is 1. The highest BCUT2D eigenvalue weighted by atomic mass is 16.5. The third kappa shape index (κ3) is 24.9. The van der Waals surface area contributed by atoms with Crippen LogP contribution in [0.4, 0.5) is 0 Å². The minimum atomic E-state index is 0.218. The molecule has 0 saturated carbocycles. The van der Waals surface area contributed by atoms with Crippen molar-refractivity contribution in [2.45, 2.75) is 226 Å². The molecule has 5 nitrogen and oxygen atoms in total. The Morgan fingerprint density at radius 1 is 0.479 bits per heavy atom. The van der Waals surface area contributed by atoms with E-state index in [2.05, 4.69) is 32.6 Å². The van der Waals surface area contributed by atoms with Crippen LogP contribution in [-0.2, 0) is 9.47 Å². The smallest absolute Gasteiger partial charge is 0.190 e. The molecule has 0 aromatic rings. The van der Waals surface area contributed by atoms with E-state index in [9.17, 15) is 0 Å². The molecule has 0 aromatic heterocycles. The fourth-order valence-corrected chi connectivity index (χ4v) is 7.78. The fourth-order valence-electron chi connectivity index (χ4n) is 7.78. The predicted molar refractivity (Wildman–Crippen MR) is 212 cm³/mol. The number of nitrogens with zero attached hydrogens (tertiary/aromatic N) is 2. The molecule has 5 heteroatoms. The fraction of sp³-hybridized carbons (Fsp3) is 1.00. The van der Waals surface area contributed by atoms with Crippen LogP contribution < -0.4 is 5.73 Å². The number of hydrogen-bond acceptors (Lipinski definition) is 4.